The molecule has 9 heteroatoms. The molecule has 1 aromatic heterocycles. The molecule has 0 aliphatic carbocycles. The summed E-state index contributed by atoms with van der Waals surface area (Å²) in [6.07, 6.45) is 4.83. The Labute approximate surface area is 291 Å². The number of halogens is 2. The Morgan fingerprint density at radius 3 is 2.20 bits per heavy atom. The third kappa shape index (κ3) is 9.54. The normalized spacial score (nSPS) is 13.6. The number of nitrogens with zero attached hydrogens (tertiary/aromatic N) is 3. The standard InChI is InChI=1S/C41H39F2N3O4/c1-30-25-37(50-41-16-14-38(27-44-41)49-29-33-3-2-4-35(43)26-33)13-15-39(30)40(17-23-47)46-21-19-45(20-22-46)28-32-7-5-31(6-8-32)18-24-48-36-11-9-34(42)10-12-36/h2-17,23,25-27H,18-22,24,28-29H2,1H3/b40-17+. The second-order valence-corrected chi connectivity index (χ2v) is 12.1. The van der Waals surface area contributed by atoms with Crippen LogP contribution >= 0.6 is 0 Å². The van der Waals surface area contributed by atoms with Gasteiger partial charge in [0.2, 0.25) is 5.88 Å². The van der Waals surface area contributed by atoms with Crippen molar-refractivity contribution in [2.24, 2.45) is 0 Å². The van der Waals surface area contributed by atoms with Gasteiger partial charge < -0.3 is 19.1 Å². The first kappa shape index (κ1) is 34.3. The molecule has 1 aliphatic rings. The zero-order valence-electron chi connectivity index (χ0n) is 27.9. The molecule has 256 valence electrons. The van der Waals surface area contributed by atoms with Crippen molar-refractivity contribution in [2.45, 2.75) is 26.5 Å². The maximum Gasteiger partial charge on any atom is 0.219 e. The number of rotatable bonds is 14. The molecular formula is C41H39F2N3O4. The predicted molar refractivity (Wildman–Crippen MR) is 189 cm³/mol. The van der Waals surface area contributed by atoms with E-state index in [1.807, 2.05) is 25.1 Å². The molecule has 4 aromatic carbocycles. The van der Waals surface area contributed by atoms with Crippen LogP contribution in [0.3, 0.4) is 0 Å². The van der Waals surface area contributed by atoms with Gasteiger partial charge in [-0.05, 0) is 89.8 Å². The van der Waals surface area contributed by atoms with E-state index in [-0.39, 0.29) is 18.2 Å². The minimum Gasteiger partial charge on any atom is -0.493 e. The predicted octanol–water partition coefficient (Wildman–Crippen LogP) is 8.02. The molecule has 1 saturated heterocycles. The molecule has 0 spiro atoms. The zero-order chi connectivity index (χ0) is 34.7. The summed E-state index contributed by atoms with van der Waals surface area (Å²) in [7, 11) is 0. The van der Waals surface area contributed by atoms with Crippen molar-refractivity contribution in [3.63, 3.8) is 0 Å². The Morgan fingerprint density at radius 1 is 0.760 bits per heavy atom. The van der Waals surface area contributed by atoms with E-state index in [0.717, 1.165) is 67.8 Å². The van der Waals surface area contributed by atoms with Gasteiger partial charge in [0.05, 0.1) is 12.8 Å². The van der Waals surface area contributed by atoms with Gasteiger partial charge in [0, 0.05) is 62.5 Å². The van der Waals surface area contributed by atoms with E-state index < -0.39 is 0 Å². The number of hydrogen-bond acceptors (Lipinski definition) is 7. The van der Waals surface area contributed by atoms with Crippen molar-refractivity contribution in [3.8, 4) is 23.1 Å². The van der Waals surface area contributed by atoms with E-state index in [9.17, 15) is 13.6 Å². The molecule has 0 N–H and O–H groups in total. The highest BCUT2D eigenvalue weighted by molar-refractivity contribution is 5.82. The van der Waals surface area contributed by atoms with E-state index in [1.54, 1.807) is 48.7 Å². The fourth-order valence-corrected chi connectivity index (χ4v) is 5.88. The molecule has 0 bridgehead atoms. The van der Waals surface area contributed by atoms with Crippen molar-refractivity contribution in [1.29, 1.82) is 0 Å². The average molecular weight is 676 g/mol. The minimum absolute atomic E-state index is 0.235. The molecule has 0 atom stereocenters. The molecule has 0 amide bonds. The Bertz CT molecular complexity index is 1890. The lowest BCUT2D eigenvalue weighted by atomic mass is 10.0. The van der Waals surface area contributed by atoms with Crippen LogP contribution in [-0.4, -0.2) is 53.9 Å². The van der Waals surface area contributed by atoms with Gasteiger partial charge in [0.25, 0.3) is 0 Å². The second-order valence-electron chi connectivity index (χ2n) is 12.1. The number of carbonyl (C=O) groups excluding carboxylic acids is 1. The molecule has 0 radical (unpaired) electrons. The summed E-state index contributed by atoms with van der Waals surface area (Å²) < 4.78 is 44.0. The minimum atomic E-state index is -0.301. The number of carbonyl (C=O) groups is 1. The fraction of sp³-hybridized carbons (Fsp3) is 0.220. The van der Waals surface area contributed by atoms with Gasteiger partial charge >= 0.3 is 0 Å². The Kier molecular flexibility index (Phi) is 11.5. The van der Waals surface area contributed by atoms with Crippen LogP contribution in [-0.2, 0) is 24.4 Å². The first-order valence-corrected chi connectivity index (χ1v) is 16.6. The van der Waals surface area contributed by atoms with Crippen LogP contribution in [0.15, 0.2) is 115 Å². The van der Waals surface area contributed by atoms with Gasteiger partial charge in [-0.1, -0.05) is 36.4 Å². The van der Waals surface area contributed by atoms with Gasteiger partial charge in [-0.15, -0.1) is 0 Å². The zero-order valence-corrected chi connectivity index (χ0v) is 27.9. The Morgan fingerprint density at radius 2 is 1.50 bits per heavy atom. The number of aldehydes is 1. The third-order valence-corrected chi connectivity index (χ3v) is 8.54. The van der Waals surface area contributed by atoms with E-state index in [1.165, 1.54) is 35.4 Å². The largest absolute Gasteiger partial charge is 0.493 e. The summed E-state index contributed by atoms with van der Waals surface area (Å²) in [5, 5.41) is 0. The van der Waals surface area contributed by atoms with Crippen LogP contribution < -0.4 is 14.2 Å². The highest BCUT2D eigenvalue weighted by atomic mass is 19.1. The lowest BCUT2D eigenvalue weighted by molar-refractivity contribution is -0.104. The highest BCUT2D eigenvalue weighted by Crippen LogP contribution is 2.29. The summed E-state index contributed by atoms with van der Waals surface area (Å²) in [4.78, 5) is 20.8. The van der Waals surface area contributed by atoms with Crippen LogP contribution in [0, 0.1) is 18.6 Å². The second kappa shape index (κ2) is 16.7. The fourth-order valence-electron chi connectivity index (χ4n) is 5.88. The molecule has 2 heterocycles. The molecule has 7 nitrogen and oxygen atoms in total. The van der Waals surface area contributed by atoms with E-state index in [4.69, 9.17) is 14.2 Å². The Balaban J connectivity index is 0.980. The summed E-state index contributed by atoms with van der Waals surface area (Å²) in [6, 6.07) is 30.3. The van der Waals surface area contributed by atoms with Crippen LogP contribution in [0.25, 0.3) is 5.70 Å². The van der Waals surface area contributed by atoms with Crippen molar-refractivity contribution in [1.82, 2.24) is 14.8 Å². The van der Waals surface area contributed by atoms with Crippen LogP contribution in [0.4, 0.5) is 8.78 Å². The van der Waals surface area contributed by atoms with E-state index >= 15 is 0 Å². The van der Waals surface area contributed by atoms with Crippen molar-refractivity contribution in [3.05, 3.63) is 155 Å². The van der Waals surface area contributed by atoms with E-state index in [2.05, 4.69) is 39.0 Å². The summed E-state index contributed by atoms with van der Waals surface area (Å²) in [5.41, 5.74) is 6.03. The lowest BCUT2D eigenvalue weighted by Gasteiger charge is -2.37. The Hall–Kier alpha value is -5.54. The molecule has 0 saturated carbocycles. The number of aryl methyl sites for hydroxylation is 1. The number of piperazine rings is 1. The average Bonchev–Trinajstić information content (AvgIpc) is 3.13. The van der Waals surface area contributed by atoms with Crippen molar-refractivity contribution < 1.29 is 27.8 Å². The number of ether oxygens (including phenoxy) is 3. The number of allylic oxidation sites excluding steroid dienone is 1. The highest BCUT2D eigenvalue weighted by Gasteiger charge is 2.21. The topological polar surface area (TPSA) is 64.1 Å². The van der Waals surface area contributed by atoms with Gasteiger partial charge in [-0.25, -0.2) is 13.8 Å². The maximum absolute atomic E-state index is 13.4. The van der Waals surface area contributed by atoms with Crippen molar-refractivity contribution in [2.75, 3.05) is 32.8 Å². The number of pyridine rings is 1. The molecule has 50 heavy (non-hydrogen) atoms. The first-order chi connectivity index (χ1) is 24.4. The van der Waals surface area contributed by atoms with Gasteiger partial charge in [-0.3, -0.25) is 9.69 Å². The van der Waals surface area contributed by atoms with E-state index in [0.29, 0.717) is 29.7 Å². The number of benzene rings is 4. The van der Waals surface area contributed by atoms with Crippen LogP contribution in [0.2, 0.25) is 0 Å². The monoisotopic (exact) mass is 675 g/mol. The van der Waals surface area contributed by atoms with Gasteiger partial charge in [0.15, 0.2) is 0 Å². The summed E-state index contributed by atoms with van der Waals surface area (Å²) in [5.74, 6) is 1.69. The molecule has 1 aliphatic heterocycles. The quantitative estimate of drug-likeness (QED) is 0.0873. The molecular weight excluding hydrogens is 636 g/mol. The summed E-state index contributed by atoms with van der Waals surface area (Å²) in [6.45, 7) is 6.97. The molecule has 1 fully saturated rings. The SMILES string of the molecule is Cc1cc(Oc2ccc(OCc3cccc(F)c3)cn2)ccc1/C(=C\C=O)N1CCN(Cc2ccc(CCOc3ccc(F)cc3)cc2)CC1. The lowest BCUT2D eigenvalue weighted by Crippen LogP contribution is -2.45. The molecule has 0 unspecified atom stereocenters. The van der Waals surface area contributed by atoms with Gasteiger partial charge in [-0.2, -0.15) is 0 Å². The van der Waals surface area contributed by atoms with Crippen LogP contribution in [0.1, 0.15) is 27.8 Å². The van der Waals surface area contributed by atoms with Crippen molar-refractivity contribution >= 4 is 12.0 Å². The number of hydrogen-bond donors (Lipinski definition) is 0. The van der Waals surface area contributed by atoms with Crippen LogP contribution in [0.5, 0.6) is 23.1 Å². The summed E-state index contributed by atoms with van der Waals surface area (Å²) >= 11 is 0. The molecule has 5 aromatic rings. The smallest absolute Gasteiger partial charge is 0.219 e. The molecule has 6 rings (SSSR count). The maximum atomic E-state index is 13.4. The third-order valence-electron chi connectivity index (χ3n) is 8.54. The van der Waals surface area contributed by atoms with Gasteiger partial charge in [0.1, 0.15) is 41.8 Å². The first-order valence-electron chi connectivity index (χ1n) is 16.6. The number of aromatic nitrogens is 1.